The van der Waals surface area contributed by atoms with Crippen LogP contribution in [-0.4, -0.2) is 66.0 Å². The SMILES string of the molecule is CC1(C)O[C@@H]2[C@H](O1)[C@@H](C(O)O)O[C@H]2n1cnc2c(NC(=O)c3ccccc3)ncnc21. The number of hydrogen-bond acceptors (Lipinski definition) is 9. The van der Waals surface area contributed by atoms with Crippen LogP contribution in [0.5, 0.6) is 0 Å². The Bertz CT molecular complexity index is 1120. The maximum absolute atomic E-state index is 12.5. The number of imidazole rings is 1. The van der Waals surface area contributed by atoms with Crippen molar-refractivity contribution in [3.05, 3.63) is 48.5 Å². The first-order chi connectivity index (χ1) is 14.8. The van der Waals surface area contributed by atoms with Crippen molar-refractivity contribution in [1.29, 1.82) is 0 Å². The topological polar surface area (TPSA) is 141 Å². The number of aliphatic hydroxyl groups is 2. The second-order valence-electron chi connectivity index (χ2n) is 7.84. The van der Waals surface area contributed by atoms with Crippen LogP contribution in [-0.2, 0) is 14.2 Å². The van der Waals surface area contributed by atoms with E-state index in [-0.39, 0.29) is 11.7 Å². The molecule has 0 aliphatic carbocycles. The first-order valence-corrected chi connectivity index (χ1v) is 9.75. The number of amides is 1. The lowest BCUT2D eigenvalue weighted by Gasteiger charge is -2.25. The summed E-state index contributed by atoms with van der Waals surface area (Å²) in [5, 5.41) is 22.2. The molecule has 5 rings (SSSR count). The smallest absolute Gasteiger partial charge is 0.256 e. The summed E-state index contributed by atoms with van der Waals surface area (Å²) in [4.78, 5) is 25.3. The minimum atomic E-state index is -1.75. The molecular formula is C20H21N5O6. The molecule has 1 amide bonds. The summed E-state index contributed by atoms with van der Waals surface area (Å²) in [6.07, 6.45) is -2.03. The Morgan fingerprint density at radius 3 is 2.61 bits per heavy atom. The number of rotatable bonds is 4. The van der Waals surface area contributed by atoms with Gasteiger partial charge in [0.2, 0.25) is 0 Å². The third-order valence-electron chi connectivity index (χ3n) is 5.26. The van der Waals surface area contributed by atoms with Crippen LogP contribution >= 0.6 is 0 Å². The highest BCUT2D eigenvalue weighted by atomic mass is 16.8. The van der Waals surface area contributed by atoms with Crippen LogP contribution in [0, 0.1) is 0 Å². The number of nitrogens with zero attached hydrogens (tertiary/aromatic N) is 4. The van der Waals surface area contributed by atoms with Gasteiger partial charge in [0.15, 0.2) is 35.3 Å². The maximum atomic E-state index is 12.5. The minimum Gasteiger partial charge on any atom is -0.366 e. The van der Waals surface area contributed by atoms with E-state index in [2.05, 4.69) is 20.3 Å². The monoisotopic (exact) mass is 427 g/mol. The lowest BCUT2D eigenvalue weighted by Crippen LogP contribution is -2.38. The van der Waals surface area contributed by atoms with Crippen molar-refractivity contribution in [3.63, 3.8) is 0 Å². The third-order valence-corrected chi connectivity index (χ3v) is 5.26. The number of hydrogen-bond donors (Lipinski definition) is 3. The highest BCUT2D eigenvalue weighted by molar-refractivity contribution is 6.06. The molecule has 31 heavy (non-hydrogen) atoms. The number of anilines is 1. The minimum absolute atomic E-state index is 0.245. The number of aliphatic hydroxyl groups excluding tert-OH is 1. The molecule has 0 unspecified atom stereocenters. The Labute approximate surface area is 176 Å². The summed E-state index contributed by atoms with van der Waals surface area (Å²) in [6.45, 7) is 3.49. The van der Waals surface area contributed by atoms with Crippen LogP contribution < -0.4 is 5.32 Å². The number of fused-ring (bicyclic) bond motifs is 2. The van der Waals surface area contributed by atoms with E-state index in [0.29, 0.717) is 16.7 Å². The number of aromatic nitrogens is 4. The lowest BCUT2D eigenvalue weighted by molar-refractivity contribution is -0.229. The molecule has 2 saturated heterocycles. The number of nitrogens with one attached hydrogen (secondary N) is 1. The maximum Gasteiger partial charge on any atom is 0.256 e. The van der Waals surface area contributed by atoms with Crippen LogP contribution in [0.3, 0.4) is 0 Å². The molecule has 11 heteroatoms. The molecule has 2 fully saturated rings. The van der Waals surface area contributed by atoms with Crippen LogP contribution in [0.15, 0.2) is 43.0 Å². The standard InChI is InChI=1S/C20H21N5O6/c1-20(2)30-12-13(31-20)18(29-14(12)19(27)28)25-9-23-11-15(21-8-22-16(11)25)24-17(26)10-6-4-3-5-7-10/h3-9,12-14,18-19,27-28H,1-2H3,(H,21,22,24,26)/t12-,13+,14-,18+/m0/s1. The molecule has 0 spiro atoms. The van der Waals surface area contributed by atoms with Crippen LogP contribution in [0.2, 0.25) is 0 Å². The largest absolute Gasteiger partial charge is 0.366 e. The van der Waals surface area contributed by atoms with Gasteiger partial charge in [-0.3, -0.25) is 9.36 Å². The van der Waals surface area contributed by atoms with E-state index in [4.69, 9.17) is 14.2 Å². The number of benzene rings is 1. The molecule has 0 radical (unpaired) electrons. The van der Waals surface area contributed by atoms with Gasteiger partial charge in [0.1, 0.15) is 24.6 Å². The summed E-state index contributed by atoms with van der Waals surface area (Å²) in [6, 6.07) is 8.74. The summed E-state index contributed by atoms with van der Waals surface area (Å²) < 4.78 is 19.2. The summed E-state index contributed by atoms with van der Waals surface area (Å²) in [5.74, 6) is -0.995. The molecule has 162 valence electrons. The number of carbonyl (C=O) groups is 1. The second kappa shape index (κ2) is 7.32. The molecule has 0 bridgehead atoms. The van der Waals surface area contributed by atoms with Gasteiger partial charge in [-0.1, -0.05) is 18.2 Å². The molecular weight excluding hydrogens is 406 g/mol. The van der Waals surface area contributed by atoms with Gasteiger partial charge in [0.25, 0.3) is 5.91 Å². The fourth-order valence-electron chi connectivity index (χ4n) is 3.97. The van der Waals surface area contributed by atoms with Crippen molar-refractivity contribution in [1.82, 2.24) is 19.5 Å². The van der Waals surface area contributed by atoms with Gasteiger partial charge in [0, 0.05) is 5.56 Å². The van der Waals surface area contributed by atoms with Crippen molar-refractivity contribution < 1.29 is 29.2 Å². The molecule has 3 aromatic rings. The zero-order valence-corrected chi connectivity index (χ0v) is 16.7. The molecule has 1 aromatic carbocycles. The predicted octanol–water partition coefficient (Wildman–Crippen LogP) is 0.807. The van der Waals surface area contributed by atoms with E-state index in [9.17, 15) is 15.0 Å². The van der Waals surface area contributed by atoms with E-state index < -0.39 is 36.6 Å². The normalized spacial score (nSPS) is 27.0. The molecule has 4 atom stereocenters. The molecule has 2 aromatic heterocycles. The molecule has 0 saturated carbocycles. The predicted molar refractivity (Wildman–Crippen MR) is 106 cm³/mol. The fourth-order valence-corrected chi connectivity index (χ4v) is 3.97. The molecule has 2 aliphatic heterocycles. The van der Waals surface area contributed by atoms with Gasteiger partial charge in [-0.25, -0.2) is 15.0 Å². The van der Waals surface area contributed by atoms with E-state index in [0.717, 1.165) is 0 Å². The van der Waals surface area contributed by atoms with Gasteiger partial charge in [-0.05, 0) is 26.0 Å². The first-order valence-electron chi connectivity index (χ1n) is 9.75. The molecule has 3 N–H and O–H groups in total. The average Bonchev–Trinajstić information content (AvgIpc) is 3.39. The average molecular weight is 427 g/mol. The van der Waals surface area contributed by atoms with Gasteiger partial charge < -0.3 is 29.7 Å². The van der Waals surface area contributed by atoms with E-state index in [1.54, 1.807) is 42.7 Å². The van der Waals surface area contributed by atoms with E-state index in [1.807, 2.05) is 6.07 Å². The summed E-state index contributed by atoms with van der Waals surface area (Å²) >= 11 is 0. The van der Waals surface area contributed by atoms with Crippen molar-refractivity contribution >= 4 is 22.9 Å². The summed E-state index contributed by atoms with van der Waals surface area (Å²) in [7, 11) is 0. The van der Waals surface area contributed by atoms with E-state index >= 15 is 0 Å². The van der Waals surface area contributed by atoms with Gasteiger partial charge in [0.05, 0.1) is 6.33 Å². The Hall–Kier alpha value is -2.96. The second-order valence-corrected chi connectivity index (χ2v) is 7.84. The Morgan fingerprint density at radius 2 is 1.87 bits per heavy atom. The van der Waals surface area contributed by atoms with E-state index in [1.165, 1.54) is 12.7 Å². The fraction of sp³-hybridized carbons (Fsp3) is 0.400. The number of carbonyl (C=O) groups excluding carboxylic acids is 1. The van der Waals surface area contributed by atoms with Crippen molar-refractivity contribution in [2.75, 3.05) is 5.32 Å². The summed E-state index contributed by atoms with van der Waals surface area (Å²) in [5.41, 5.74) is 1.23. The Kier molecular flexibility index (Phi) is 4.72. The van der Waals surface area contributed by atoms with Crippen molar-refractivity contribution in [2.45, 2.75) is 50.5 Å². The van der Waals surface area contributed by atoms with Crippen LogP contribution in [0.25, 0.3) is 11.2 Å². The molecule has 2 aliphatic rings. The highest BCUT2D eigenvalue weighted by Crippen LogP contribution is 2.44. The Balaban J connectivity index is 1.48. The van der Waals surface area contributed by atoms with Gasteiger partial charge >= 0.3 is 0 Å². The lowest BCUT2D eigenvalue weighted by atomic mass is 10.1. The molecule has 4 heterocycles. The van der Waals surface area contributed by atoms with Crippen molar-refractivity contribution in [2.24, 2.45) is 0 Å². The Morgan fingerprint density at radius 1 is 1.13 bits per heavy atom. The number of ether oxygens (including phenoxy) is 3. The first kappa shape index (κ1) is 20.0. The third kappa shape index (κ3) is 3.46. The zero-order chi connectivity index (χ0) is 21.8. The highest BCUT2D eigenvalue weighted by Gasteiger charge is 2.57. The van der Waals surface area contributed by atoms with Crippen LogP contribution in [0.1, 0.15) is 30.4 Å². The van der Waals surface area contributed by atoms with Gasteiger partial charge in [-0.2, -0.15) is 0 Å². The van der Waals surface area contributed by atoms with Gasteiger partial charge in [-0.15, -0.1) is 0 Å². The quantitative estimate of drug-likeness (QED) is 0.516. The van der Waals surface area contributed by atoms with Crippen molar-refractivity contribution in [3.8, 4) is 0 Å². The van der Waals surface area contributed by atoms with Crippen LogP contribution in [0.4, 0.5) is 5.82 Å². The zero-order valence-electron chi connectivity index (χ0n) is 16.7. The molecule has 11 nitrogen and oxygen atoms in total.